The summed E-state index contributed by atoms with van der Waals surface area (Å²) in [5, 5.41) is 10.6. The third-order valence-electron chi connectivity index (χ3n) is 16.2. The minimum absolute atomic E-state index is 0.0752. The van der Waals surface area contributed by atoms with Crippen molar-refractivity contribution in [2.75, 3.05) is 39.6 Å². The molecule has 576 valence electrons. The lowest BCUT2D eigenvalue weighted by Crippen LogP contribution is -2.30. The van der Waals surface area contributed by atoms with Crippen molar-refractivity contribution in [3.63, 3.8) is 0 Å². The topological polar surface area (TPSA) is 237 Å². The molecular formula is C81H140O17P2. The van der Waals surface area contributed by atoms with Gasteiger partial charge < -0.3 is 33.8 Å². The van der Waals surface area contributed by atoms with Crippen LogP contribution in [-0.2, 0) is 65.4 Å². The van der Waals surface area contributed by atoms with E-state index in [1.165, 1.54) is 70.6 Å². The van der Waals surface area contributed by atoms with Gasteiger partial charge in [-0.3, -0.25) is 37.3 Å². The number of aliphatic hydroxyl groups is 1. The van der Waals surface area contributed by atoms with E-state index in [9.17, 15) is 43.2 Å². The number of allylic oxidation sites excluding steroid dienone is 18. The molecule has 100 heavy (non-hydrogen) atoms. The zero-order chi connectivity index (χ0) is 73.2. The van der Waals surface area contributed by atoms with Crippen LogP contribution in [0.25, 0.3) is 0 Å². The van der Waals surface area contributed by atoms with Crippen molar-refractivity contribution in [3.8, 4) is 0 Å². The van der Waals surface area contributed by atoms with Crippen molar-refractivity contribution >= 4 is 39.5 Å². The summed E-state index contributed by atoms with van der Waals surface area (Å²) >= 11 is 0. The van der Waals surface area contributed by atoms with Gasteiger partial charge in [-0.2, -0.15) is 0 Å². The normalized spacial score (nSPS) is 14.5. The fourth-order valence-corrected chi connectivity index (χ4v) is 11.8. The highest BCUT2D eigenvalue weighted by molar-refractivity contribution is 7.47. The first kappa shape index (κ1) is 95.7. The van der Waals surface area contributed by atoms with Gasteiger partial charge in [0.15, 0.2) is 12.2 Å². The van der Waals surface area contributed by atoms with Crippen molar-refractivity contribution in [2.45, 2.75) is 341 Å². The molecule has 0 spiro atoms. The first-order valence-electron chi connectivity index (χ1n) is 39.1. The van der Waals surface area contributed by atoms with Gasteiger partial charge in [-0.05, 0) is 148 Å². The maximum absolute atomic E-state index is 13.1. The zero-order valence-electron chi connectivity index (χ0n) is 62.8. The molecule has 0 aliphatic rings. The molecular weight excluding hydrogens is 1310 g/mol. The van der Waals surface area contributed by atoms with Crippen LogP contribution in [-0.4, -0.2) is 96.7 Å². The lowest BCUT2D eigenvalue weighted by Gasteiger charge is -2.21. The van der Waals surface area contributed by atoms with Crippen molar-refractivity contribution in [1.82, 2.24) is 0 Å². The minimum atomic E-state index is -4.98. The summed E-state index contributed by atoms with van der Waals surface area (Å²) in [4.78, 5) is 72.9. The van der Waals surface area contributed by atoms with Crippen LogP contribution in [0.2, 0.25) is 0 Å². The molecule has 0 aromatic carbocycles. The van der Waals surface area contributed by atoms with Crippen LogP contribution >= 0.6 is 15.6 Å². The largest absolute Gasteiger partial charge is 0.472 e. The molecule has 0 aromatic rings. The number of rotatable bonds is 73. The number of carbonyl (C=O) groups is 4. The second-order valence-corrected chi connectivity index (χ2v) is 28.8. The summed E-state index contributed by atoms with van der Waals surface area (Å²) in [7, 11) is -9.97. The standard InChI is InChI=1S/C81H140O17P2/c1-5-9-13-17-21-25-29-32-35-36-37-38-41-43-47-50-54-58-62-66-79(84)91-71-76(97-80(85)67-63-59-55-51-45-28-24-20-16-12-8-4)73-95-99(87,88)93-69-75(82)70-94-100(89,90)96-74-77(98-81(86)68-64-60-56-52-48-44-40-34-31-27-23-19-15-11-7-3)72-92-78(83)65-61-57-53-49-46-42-39-33-30-26-22-18-14-10-6-2/h9,13,20-22,24-26,32-35,37-40,43,47,75-77,82H,5-8,10-12,14-19,23,27-31,36,41-42,44-46,48-74H2,1-4H3,(H,87,88)(H,89,90)/b13-9-,24-20-,25-21-,26-22-,35-32-,38-37-,39-33-,40-34-,47-43-. The van der Waals surface area contributed by atoms with Gasteiger partial charge in [-0.25, -0.2) is 9.13 Å². The number of phosphoric acid groups is 2. The SMILES string of the molecule is CC/C=C\C/C=C\C/C=C\C/C=C\C/C=C\CCCCCC(=O)OCC(COP(=O)(O)OCC(O)COP(=O)(O)OCC(COC(=O)CCCCCCC/C=C\C/C=C\CCCCC)OC(=O)CCCCCCC/C=C\CCCCCCCC)OC(=O)CCCCCCC/C=C\CCCC. The Morgan fingerprint density at radius 1 is 0.290 bits per heavy atom. The highest BCUT2D eigenvalue weighted by Crippen LogP contribution is 2.45. The molecule has 0 aliphatic heterocycles. The lowest BCUT2D eigenvalue weighted by molar-refractivity contribution is -0.161. The van der Waals surface area contributed by atoms with Crippen LogP contribution in [0.4, 0.5) is 0 Å². The number of carbonyl (C=O) groups excluding carboxylic acids is 4. The smallest absolute Gasteiger partial charge is 0.462 e. The van der Waals surface area contributed by atoms with Crippen molar-refractivity contribution in [3.05, 3.63) is 109 Å². The number of unbranched alkanes of at least 4 members (excludes halogenated alkanes) is 29. The number of phosphoric ester groups is 2. The van der Waals surface area contributed by atoms with E-state index in [-0.39, 0.29) is 25.7 Å². The number of ether oxygens (including phenoxy) is 4. The van der Waals surface area contributed by atoms with Gasteiger partial charge in [0.2, 0.25) is 0 Å². The molecule has 0 amide bonds. The van der Waals surface area contributed by atoms with Crippen LogP contribution in [0.1, 0.15) is 323 Å². The monoisotopic (exact) mass is 1450 g/mol. The predicted octanol–water partition coefficient (Wildman–Crippen LogP) is 22.6. The maximum atomic E-state index is 13.1. The van der Waals surface area contributed by atoms with Gasteiger partial charge in [0.1, 0.15) is 19.3 Å². The van der Waals surface area contributed by atoms with Gasteiger partial charge in [0.25, 0.3) is 0 Å². The van der Waals surface area contributed by atoms with Gasteiger partial charge in [-0.15, -0.1) is 0 Å². The quantitative estimate of drug-likeness (QED) is 0.0169. The van der Waals surface area contributed by atoms with Gasteiger partial charge in [0, 0.05) is 25.7 Å². The Morgan fingerprint density at radius 3 is 0.870 bits per heavy atom. The van der Waals surface area contributed by atoms with E-state index >= 15 is 0 Å². The summed E-state index contributed by atoms with van der Waals surface area (Å²) < 4.78 is 68.5. The van der Waals surface area contributed by atoms with E-state index in [1.807, 2.05) is 0 Å². The number of hydrogen-bond donors (Lipinski definition) is 3. The van der Waals surface area contributed by atoms with E-state index in [0.717, 1.165) is 173 Å². The number of aliphatic hydroxyl groups excluding tert-OH is 1. The zero-order valence-corrected chi connectivity index (χ0v) is 64.6. The van der Waals surface area contributed by atoms with Crippen molar-refractivity contribution in [2.24, 2.45) is 0 Å². The van der Waals surface area contributed by atoms with E-state index < -0.39 is 97.5 Å². The Kier molecular flexibility index (Phi) is 69.9. The first-order valence-corrected chi connectivity index (χ1v) is 42.1. The molecule has 0 heterocycles. The third kappa shape index (κ3) is 72.1. The summed E-state index contributed by atoms with van der Waals surface area (Å²) in [5.74, 6) is -2.24. The van der Waals surface area contributed by atoms with Crippen LogP contribution in [0.15, 0.2) is 109 Å². The molecule has 0 aliphatic carbocycles. The van der Waals surface area contributed by atoms with Gasteiger partial charge in [0.05, 0.1) is 26.4 Å². The fraction of sp³-hybridized carbons (Fsp3) is 0.728. The molecule has 0 aromatic heterocycles. The van der Waals surface area contributed by atoms with Crippen LogP contribution in [0.5, 0.6) is 0 Å². The molecule has 0 fully saturated rings. The molecule has 0 radical (unpaired) electrons. The molecule has 0 rings (SSSR count). The molecule has 0 saturated heterocycles. The Balaban J connectivity index is 5.36. The van der Waals surface area contributed by atoms with Gasteiger partial charge in [-0.1, -0.05) is 259 Å². The molecule has 0 bridgehead atoms. The summed E-state index contributed by atoms with van der Waals surface area (Å²) in [5.41, 5.74) is 0. The Hall–Kier alpha value is -4.28. The van der Waals surface area contributed by atoms with E-state index in [4.69, 9.17) is 37.0 Å². The minimum Gasteiger partial charge on any atom is -0.462 e. The predicted molar refractivity (Wildman–Crippen MR) is 408 cm³/mol. The van der Waals surface area contributed by atoms with Crippen LogP contribution < -0.4 is 0 Å². The summed E-state index contributed by atoms with van der Waals surface area (Å²) in [6, 6.07) is 0. The molecule has 19 heteroatoms. The average molecular weight is 1450 g/mol. The van der Waals surface area contributed by atoms with Crippen LogP contribution in [0.3, 0.4) is 0 Å². The summed E-state index contributed by atoms with van der Waals surface area (Å²) in [6.07, 6.45) is 77.9. The number of esters is 4. The van der Waals surface area contributed by atoms with E-state index in [2.05, 4.69) is 137 Å². The lowest BCUT2D eigenvalue weighted by atomic mass is 10.1. The molecule has 3 N–H and O–H groups in total. The Labute approximate surface area is 607 Å². The molecule has 17 nitrogen and oxygen atoms in total. The van der Waals surface area contributed by atoms with Crippen molar-refractivity contribution in [1.29, 1.82) is 0 Å². The van der Waals surface area contributed by atoms with Gasteiger partial charge >= 0.3 is 39.5 Å². The molecule has 0 saturated carbocycles. The van der Waals surface area contributed by atoms with Crippen molar-refractivity contribution < 1.29 is 80.2 Å². The fourth-order valence-electron chi connectivity index (χ4n) is 10.2. The molecule has 5 unspecified atom stereocenters. The summed E-state index contributed by atoms with van der Waals surface area (Å²) in [6.45, 7) is 4.63. The number of hydrogen-bond acceptors (Lipinski definition) is 15. The second kappa shape index (κ2) is 73.0. The third-order valence-corrected chi connectivity index (χ3v) is 18.1. The highest BCUT2D eigenvalue weighted by atomic mass is 31.2. The Bertz CT molecular complexity index is 2320. The van der Waals surface area contributed by atoms with E-state index in [0.29, 0.717) is 25.7 Å². The maximum Gasteiger partial charge on any atom is 0.472 e. The van der Waals surface area contributed by atoms with E-state index in [1.54, 1.807) is 0 Å². The first-order chi connectivity index (χ1) is 48.7. The average Bonchev–Trinajstić information content (AvgIpc) is 0.953. The second-order valence-electron chi connectivity index (χ2n) is 25.9. The highest BCUT2D eigenvalue weighted by Gasteiger charge is 2.30. The Morgan fingerprint density at radius 2 is 0.530 bits per heavy atom. The van der Waals surface area contributed by atoms with Crippen LogP contribution in [0, 0.1) is 0 Å². The molecule has 5 atom stereocenters.